The fourth-order valence-corrected chi connectivity index (χ4v) is 3.11. The number of nitrogens with zero attached hydrogens (tertiary/aromatic N) is 4. The van der Waals surface area contributed by atoms with Crippen LogP contribution in [-0.2, 0) is 0 Å². The summed E-state index contributed by atoms with van der Waals surface area (Å²) in [6, 6.07) is 22.0. The summed E-state index contributed by atoms with van der Waals surface area (Å²) in [7, 11) is 5.70. The smallest absolute Gasteiger partial charge is 0.161 e. The number of ether oxygens (including phenoxy) is 1. The SMILES string of the molecule is COc1ccc(-c2cc3cccnc3nc2N/N=C/c2ccc(N(C)C)cc2)cc1. The normalized spacial score (nSPS) is 11.0. The molecule has 2 aromatic carbocycles. The van der Waals surface area contributed by atoms with Crippen LogP contribution < -0.4 is 15.1 Å². The topological polar surface area (TPSA) is 62.6 Å². The highest BCUT2D eigenvalue weighted by atomic mass is 16.5. The molecule has 4 aromatic rings. The second kappa shape index (κ2) is 8.61. The molecule has 0 radical (unpaired) electrons. The lowest BCUT2D eigenvalue weighted by Crippen LogP contribution is -2.08. The van der Waals surface area contributed by atoms with E-state index in [9.17, 15) is 0 Å². The average molecular weight is 397 g/mol. The minimum atomic E-state index is 0.646. The second-order valence-electron chi connectivity index (χ2n) is 7.02. The molecule has 0 atom stereocenters. The van der Waals surface area contributed by atoms with Crippen LogP contribution in [0, 0.1) is 0 Å². The lowest BCUT2D eigenvalue weighted by atomic mass is 10.0. The van der Waals surface area contributed by atoms with E-state index in [2.05, 4.69) is 43.6 Å². The molecule has 6 nitrogen and oxygen atoms in total. The van der Waals surface area contributed by atoms with E-state index in [0.29, 0.717) is 11.5 Å². The number of hydrazone groups is 1. The second-order valence-corrected chi connectivity index (χ2v) is 7.02. The first kappa shape index (κ1) is 19.4. The maximum absolute atomic E-state index is 5.27. The van der Waals surface area contributed by atoms with Gasteiger partial charge >= 0.3 is 0 Å². The Morgan fingerprint density at radius 3 is 2.47 bits per heavy atom. The Bertz CT molecular complexity index is 1170. The number of benzene rings is 2. The predicted octanol–water partition coefficient (Wildman–Crippen LogP) is 4.82. The maximum atomic E-state index is 5.27. The number of hydrogen-bond acceptors (Lipinski definition) is 6. The first-order chi connectivity index (χ1) is 14.6. The van der Waals surface area contributed by atoms with Crippen molar-refractivity contribution in [2.24, 2.45) is 5.10 Å². The molecule has 4 rings (SSSR count). The van der Waals surface area contributed by atoms with Crippen LogP contribution in [0.2, 0.25) is 0 Å². The van der Waals surface area contributed by atoms with Crippen molar-refractivity contribution in [3.05, 3.63) is 78.5 Å². The van der Waals surface area contributed by atoms with Crippen LogP contribution in [0.3, 0.4) is 0 Å². The molecule has 0 saturated heterocycles. The van der Waals surface area contributed by atoms with Crippen molar-refractivity contribution in [1.82, 2.24) is 9.97 Å². The molecule has 6 heteroatoms. The van der Waals surface area contributed by atoms with Gasteiger partial charge in [0.15, 0.2) is 11.5 Å². The Morgan fingerprint density at radius 1 is 1.00 bits per heavy atom. The number of pyridine rings is 2. The third kappa shape index (κ3) is 4.22. The van der Waals surface area contributed by atoms with Gasteiger partial charge in [0.1, 0.15) is 5.75 Å². The predicted molar refractivity (Wildman–Crippen MR) is 124 cm³/mol. The monoisotopic (exact) mass is 397 g/mol. The lowest BCUT2D eigenvalue weighted by Gasteiger charge is -2.12. The van der Waals surface area contributed by atoms with Crippen LogP contribution in [0.5, 0.6) is 5.75 Å². The van der Waals surface area contributed by atoms with Gasteiger partial charge in [-0.15, -0.1) is 0 Å². The van der Waals surface area contributed by atoms with E-state index in [1.54, 1.807) is 19.5 Å². The molecular formula is C24H23N5O. The zero-order valence-electron chi connectivity index (χ0n) is 17.2. The molecule has 2 heterocycles. The first-order valence-corrected chi connectivity index (χ1v) is 9.61. The fraction of sp³-hybridized carbons (Fsp3) is 0.125. The van der Waals surface area contributed by atoms with Crippen LogP contribution in [0.1, 0.15) is 5.56 Å². The van der Waals surface area contributed by atoms with Crippen LogP contribution in [-0.4, -0.2) is 37.4 Å². The van der Waals surface area contributed by atoms with E-state index in [4.69, 9.17) is 4.74 Å². The van der Waals surface area contributed by atoms with Crippen LogP contribution >= 0.6 is 0 Å². The van der Waals surface area contributed by atoms with Gasteiger partial charge in [-0.05, 0) is 53.6 Å². The van der Waals surface area contributed by atoms with E-state index in [1.165, 1.54) is 0 Å². The molecule has 2 aromatic heterocycles. The third-order valence-corrected chi connectivity index (χ3v) is 4.78. The standard InChI is InChI=1S/C24H23N5O/c1-29(2)20-10-6-17(7-11-20)16-26-28-24-22(18-8-12-21(30-3)13-9-18)15-19-5-4-14-25-23(19)27-24/h4-16H,1-3H3,(H,25,27,28)/b26-16+. The Balaban J connectivity index is 1.65. The minimum Gasteiger partial charge on any atom is -0.497 e. The van der Waals surface area contributed by atoms with Gasteiger partial charge in [0.2, 0.25) is 0 Å². The van der Waals surface area contributed by atoms with E-state index >= 15 is 0 Å². The highest BCUT2D eigenvalue weighted by Crippen LogP contribution is 2.30. The Morgan fingerprint density at radius 2 is 1.77 bits per heavy atom. The van der Waals surface area contributed by atoms with Crippen LogP contribution in [0.25, 0.3) is 22.2 Å². The molecule has 150 valence electrons. The Kier molecular flexibility index (Phi) is 5.57. The van der Waals surface area contributed by atoms with Crippen molar-refractivity contribution >= 4 is 28.8 Å². The van der Waals surface area contributed by atoms with E-state index in [1.807, 2.05) is 62.6 Å². The highest BCUT2D eigenvalue weighted by Gasteiger charge is 2.10. The van der Waals surface area contributed by atoms with Crippen molar-refractivity contribution in [3.8, 4) is 16.9 Å². The zero-order chi connectivity index (χ0) is 20.9. The molecule has 0 fully saturated rings. The summed E-state index contributed by atoms with van der Waals surface area (Å²) in [4.78, 5) is 11.1. The van der Waals surface area contributed by atoms with Crippen LogP contribution in [0.4, 0.5) is 11.5 Å². The van der Waals surface area contributed by atoms with Gasteiger partial charge in [0.25, 0.3) is 0 Å². The molecule has 0 bridgehead atoms. The van der Waals surface area contributed by atoms with Gasteiger partial charge < -0.3 is 9.64 Å². The van der Waals surface area contributed by atoms with Gasteiger partial charge in [-0.3, -0.25) is 5.43 Å². The molecule has 0 spiro atoms. The summed E-state index contributed by atoms with van der Waals surface area (Å²) in [6.45, 7) is 0. The number of aromatic nitrogens is 2. The highest BCUT2D eigenvalue weighted by molar-refractivity contribution is 5.88. The molecular weight excluding hydrogens is 374 g/mol. The largest absolute Gasteiger partial charge is 0.497 e. The van der Waals surface area contributed by atoms with Gasteiger partial charge in [0, 0.05) is 36.9 Å². The van der Waals surface area contributed by atoms with Crippen molar-refractivity contribution in [3.63, 3.8) is 0 Å². The lowest BCUT2D eigenvalue weighted by molar-refractivity contribution is 0.415. The Hall–Kier alpha value is -3.93. The van der Waals surface area contributed by atoms with Gasteiger partial charge in [-0.2, -0.15) is 5.10 Å². The summed E-state index contributed by atoms with van der Waals surface area (Å²) in [5, 5.41) is 5.38. The average Bonchev–Trinajstić information content (AvgIpc) is 2.79. The maximum Gasteiger partial charge on any atom is 0.161 e. The van der Waals surface area contributed by atoms with Crippen LogP contribution in [0.15, 0.2) is 78.0 Å². The number of fused-ring (bicyclic) bond motifs is 1. The van der Waals surface area contributed by atoms with Crippen molar-refractivity contribution in [2.45, 2.75) is 0 Å². The van der Waals surface area contributed by atoms with E-state index in [0.717, 1.165) is 33.5 Å². The summed E-state index contributed by atoms with van der Waals surface area (Å²) >= 11 is 0. The molecule has 0 aliphatic heterocycles. The molecule has 0 amide bonds. The molecule has 30 heavy (non-hydrogen) atoms. The number of hydrogen-bond donors (Lipinski definition) is 1. The molecule has 0 unspecified atom stereocenters. The van der Waals surface area contributed by atoms with Gasteiger partial charge in [0.05, 0.1) is 13.3 Å². The third-order valence-electron chi connectivity index (χ3n) is 4.78. The first-order valence-electron chi connectivity index (χ1n) is 9.61. The van der Waals surface area contributed by atoms with E-state index in [-0.39, 0.29) is 0 Å². The number of rotatable bonds is 6. The number of methoxy groups -OCH3 is 1. The minimum absolute atomic E-state index is 0.646. The van der Waals surface area contributed by atoms with Gasteiger partial charge in [-0.1, -0.05) is 24.3 Å². The molecule has 0 saturated carbocycles. The summed E-state index contributed by atoms with van der Waals surface area (Å²) < 4.78 is 5.27. The van der Waals surface area contributed by atoms with Crippen molar-refractivity contribution < 1.29 is 4.74 Å². The summed E-state index contributed by atoms with van der Waals surface area (Å²) in [5.74, 6) is 1.45. The quantitative estimate of drug-likeness (QED) is 0.373. The van der Waals surface area contributed by atoms with Crippen molar-refractivity contribution in [1.29, 1.82) is 0 Å². The van der Waals surface area contributed by atoms with Crippen molar-refractivity contribution in [2.75, 3.05) is 31.5 Å². The zero-order valence-corrected chi connectivity index (χ0v) is 17.2. The summed E-state index contributed by atoms with van der Waals surface area (Å²) in [6.07, 6.45) is 3.52. The molecule has 0 aliphatic carbocycles. The number of anilines is 2. The molecule has 0 aliphatic rings. The molecule has 1 N–H and O–H groups in total. The van der Waals surface area contributed by atoms with E-state index < -0.39 is 0 Å². The summed E-state index contributed by atoms with van der Waals surface area (Å²) in [5.41, 5.74) is 7.86. The number of nitrogens with one attached hydrogen (secondary N) is 1. The van der Waals surface area contributed by atoms with Gasteiger partial charge in [-0.25, -0.2) is 9.97 Å². The fourth-order valence-electron chi connectivity index (χ4n) is 3.11. The Labute approximate surface area is 175 Å².